The van der Waals surface area contributed by atoms with Crippen molar-refractivity contribution in [3.63, 3.8) is 0 Å². The molecule has 2 aliphatic rings. The zero-order valence-electron chi connectivity index (χ0n) is 29.1. The first-order valence-electron chi connectivity index (χ1n) is 18.1. The monoisotopic (exact) mass is 617 g/mol. The highest BCUT2D eigenvalue weighted by Crippen LogP contribution is 2.31. The van der Waals surface area contributed by atoms with Crippen molar-refractivity contribution >= 4 is 23.2 Å². The van der Waals surface area contributed by atoms with Crippen molar-refractivity contribution in [3.05, 3.63) is 58.7 Å². The first-order valence-corrected chi connectivity index (χ1v) is 18.1. The molecule has 0 radical (unpaired) electrons. The van der Waals surface area contributed by atoms with E-state index in [0.717, 1.165) is 129 Å². The summed E-state index contributed by atoms with van der Waals surface area (Å²) in [6.07, 6.45) is 14.7. The number of carbonyl (C=O) groups is 2. The molecule has 0 saturated carbocycles. The number of nitrogens with zero attached hydrogens (tertiary/aromatic N) is 2. The van der Waals surface area contributed by atoms with Crippen LogP contribution in [0.2, 0.25) is 0 Å². The van der Waals surface area contributed by atoms with Gasteiger partial charge in [0.15, 0.2) is 6.04 Å². The molecule has 3 unspecified atom stereocenters. The fourth-order valence-electron chi connectivity index (χ4n) is 7.96. The summed E-state index contributed by atoms with van der Waals surface area (Å²) in [4.78, 5) is 30.1. The van der Waals surface area contributed by atoms with E-state index in [-0.39, 0.29) is 23.9 Å². The van der Waals surface area contributed by atoms with Gasteiger partial charge < -0.3 is 15.1 Å². The third-order valence-corrected chi connectivity index (χ3v) is 10.7. The van der Waals surface area contributed by atoms with Gasteiger partial charge in [0.2, 0.25) is 5.91 Å². The molecule has 45 heavy (non-hydrogen) atoms. The van der Waals surface area contributed by atoms with Crippen LogP contribution in [0.15, 0.2) is 36.4 Å². The van der Waals surface area contributed by atoms with Crippen molar-refractivity contribution in [2.24, 2.45) is 0 Å². The molecule has 2 heterocycles. The van der Waals surface area contributed by atoms with Crippen LogP contribution in [0.1, 0.15) is 113 Å². The topological polar surface area (TPSA) is 61.4 Å². The Morgan fingerprint density at radius 3 is 1.93 bits per heavy atom. The van der Waals surface area contributed by atoms with Crippen molar-refractivity contribution in [2.75, 3.05) is 43.4 Å². The molecule has 2 fully saturated rings. The van der Waals surface area contributed by atoms with Crippen molar-refractivity contribution in [3.8, 4) is 0 Å². The Kier molecular flexibility index (Phi) is 13.5. The second-order valence-electron chi connectivity index (χ2n) is 14.1. The van der Waals surface area contributed by atoms with Gasteiger partial charge in [-0.2, -0.15) is 0 Å². The summed E-state index contributed by atoms with van der Waals surface area (Å²) >= 11 is 0. The standard InChI is InChI=1S/C39H60N4O2/c1-6-7-27-43(29-16-12-24-35(43)39(45)41-37-32(4)21-18-22-33(37)5)28-15-10-14-26-42-25-13-9-8-11-23-34(42)38(44)40-36-30(2)19-17-20-31(36)3/h17-22,34-35H,6-16,23-29H2,1-5H3,(H-,40,41,44,45)/p+1. The Labute approximate surface area is 273 Å². The van der Waals surface area contributed by atoms with Gasteiger partial charge in [0.25, 0.3) is 5.91 Å². The number of anilines is 2. The van der Waals surface area contributed by atoms with Crippen LogP contribution in [-0.2, 0) is 9.59 Å². The van der Waals surface area contributed by atoms with Gasteiger partial charge in [-0.25, -0.2) is 0 Å². The molecule has 0 aliphatic carbocycles. The number of aryl methyl sites for hydroxylation is 4. The van der Waals surface area contributed by atoms with Gasteiger partial charge in [-0.05, 0) is 114 Å². The van der Waals surface area contributed by atoms with Crippen molar-refractivity contribution in [1.29, 1.82) is 0 Å². The van der Waals surface area contributed by atoms with Crippen LogP contribution in [0.25, 0.3) is 0 Å². The number of amides is 2. The molecule has 2 aliphatic heterocycles. The van der Waals surface area contributed by atoms with E-state index < -0.39 is 0 Å². The molecule has 2 saturated heterocycles. The van der Waals surface area contributed by atoms with Crippen molar-refractivity contribution < 1.29 is 14.1 Å². The quantitative estimate of drug-likeness (QED) is 0.175. The largest absolute Gasteiger partial charge is 0.324 e. The lowest BCUT2D eigenvalue weighted by Gasteiger charge is -2.47. The molecule has 2 aromatic rings. The van der Waals surface area contributed by atoms with E-state index in [2.05, 4.69) is 86.6 Å². The predicted molar refractivity (Wildman–Crippen MR) is 189 cm³/mol. The molecule has 2 N–H and O–H groups in total. The number of hydrogen-bond acceptors (Lipinski definition) is 3. The zero-order valence-corrected chi connectivity index (χ0v) is 29.1. The van der Waals surface area contributed by atoms with Gasteiger partial charge in [-0.15, -0.1) is 0 Å². The van der Waals surface area contributed by atoms with E-state index in [1.807, 2.05) is 0 Å². The van der Waals surface area contributed by atoms with E-state index in [1.165, 1.54) is 25.7 Å². The molecule has 4 rings (SSSR count). The Hall–Kier alpha value is -2.70. The van der Waals surface area contributed by atoms with E-state index in [4.69, 9.17) is 0 Å². The molecule has 3 atom stereocenters. The number of benzene rings is 2. The van der Waals surface area contributed by atoms with Crippen LogP contribution in [0.4, 0.5) is 11.4 Å². The number of piperidine rings is 1. The summed E-state index contributed by atoms with van der Waals surface area (Å²) < 4.78 is 0.940. The molecule has 0 aromatic heterocycles. The molecule has 248 valence electrons. The average molecular weight is 618 g/mol. The van der Waals surface area contributed by atoms with Gasteiger partial charge in [0.05, 0.1) is 25.7 Å². The predicted octanol–water partition coefficient (Wildman–Crippen LogP) is 8.47. The SMILES string of the molecule is CCCC[N+]1(CCCCCN2CCCCCCC2C(=O)Nc2c(C)cccc2C)CCCCC1C(=O)Nc1c(C)cccc1C. The second kappa shape index (κ2) is 17.3. The Morgan fingerprint density at radius 2 is 1.29 bits per heavy atom. The zero-order chi connectivity index (χ0) is 32.2. The van der Waals surface area contributed by atoms with E-state index in [1.54, 1.807) is 0 Å². The number of carbonyl (C=O) groups excluding carboxylic acids is 2. The van der Waals surface area contributed by atoms with Crippen LogP contribution < -0.4 is 10.6 Å². The van der Waals surface area contributed by atoms with Crippen LogP contribution in [0, 0.1) is 27.7 Å². The number of unbranched alkanes of at least 4 members (excludes halogenated alkanes) is 3. The molecular weight excluding hydrogens is 556 g/mol. The van der Waals surface area contributed by atoms with Gasteiger partial charge in [-0.1, -0.05) is 69.0 Å². The first-order chi connectivity index (χ1) is 21.8. The van der Waals surface area contributed by atoms with E-state index in [9.17, 15) is 9.59 Å². The Morgan fingerprint density at radius 1 is 0.711 bits per heavy atom. The lowest BCUT2D eigenvalue weighted by atomic mass is 9.95. The summed E-state index contributed by atoms with van der Waals surface area (Å²) in [6, 6.07) is 12.4. The van der Waals surface area contributed by atoms with Gasteiger partial charge >= 0.3 is 0 Å². The highest BCUT2D eigenvalue weighted by Gasteiger charge is 2.43. The second-order valence-corrected chi connectivity index (χ2v) is 14.1. The summed E-state index contributed by atoms with van der Waals surface area (Å²) in [5.74, 6) is 0.367. The first kappa shape index (κ1) is 35.2. The van der Waals surface area contributed by atoms with Crippen LogP contribution in [0.5, 0.6) is 0 Å². The minimum absolute atomic E-state index is 0.0247. The molecule has 6 heteroatoms. The molecule has 0 bridgehead atoms. The van der Waals surface area contributed by atoms with Gasteiger partial charge in [-0.3, -0.25) is 14.5 Å². The maximum atomic E-state index is 13.9. The summed E-state index contributed by atoms with van der Waals surface area (Å²) in [5, 5.41) is 6.69. The number of hydrogen-bond donors (Lipinski definition) is 2. The minimum Gasteiger partial charge on any atom is -0.324 e. The smallest absolute Gasteiger partial charge is 0.282 e. The normalized spacial score (nSPS) is 22.8. The fraction of sp³-hybridized carbons (Fsp3) is 0.641. The summed E-state index contributed by atoms with van der Waals surface area (Å²) in [5.41, 5.74) is 6.49. The maximum absolute atomic E-state index is 13.9. The molecule has 2 amide bonds. The van der Waals surface area contributed by atoms with E-state index >= 15 is 0 Å². The van der Waals surface area contributed by atoms with Crippen LogP contribution >= 0.6 is 0 Å². The third kappa shape index (κ3) is 9.42. The molecule has 0 spiro atoms. The van der Waals surface area contributed by atoms with Gasteiger partial charge in [0, 0.05) is 17.8 Å². The number of rotatable bonds is 13. The number of para-hydroxylation sites is 2. The third-order valence-electron chi connectivity index (χ3n) is 10.7. The lowest BCUT2D eigenvalue weighted by molar-refractivity contribution is -0.947. The van der Waals surface area contributed by atoms with Crippen LogP contribution in [-0.4, -0.2) is 66.0 Å². The summed E-state index contributed by atoms with van der Waals surface area (Å²) in [7, 11) is 0. The summed E-state index contributed by atoms with van der Waals surface area (Å²) in [6.45, 7) is 15.8. The lowest BCUT2D eigenvalue weighted by Crippen LogP contribution is -2.63. The minimum atomic E-state index is -0.0627. The van der Waals surface area contributed by atoms with Gasteiger partial charge in [0.1, 0.15) is 0 Å². The molecule has 2 aromatic carbocycles. The van der Waals surface area contributed by atoms with Crippen molar-refractivity contribution in [2.45, 2.75) is 130 Å². The molecule has 6 nitrogen and oxygen atoms in total. The Bertz CT molecular complexity index is 1220. The highest BCUT2D eigenvalue weighted by molar-refractivity contribution is 5.96. The number of quaternary nitrogens is 1. The number of nitrogens with one attached hydrogen (secondary N) is 2. The van der Waals surface area contributed by atoms with Crippen molar-refractivity contribution in [1.82, 2.24) is 4.90 Å². The van der Waals surface area contributed by atoms with Crippen LogP contribution in [0.3, 0.4) is 0 Å². The fourth-order valence-corrected chi connectivity index (χ4v) is 7.96. The molecular formula is C39H61N4O2+. The number of likely N-dealkylation sites (tertiary alicyclic amines) is 2. The Balaban J connectivity index is 1.38. The van der Waals surface area contributed by atoms with E-state index in [0.29, 0.717) is 0 Å². The maximum Gasteiger partial charge on any atom is 0.282 e. The average Bonchev–Trinajstić information content (AvgIpc) is 3.01. The highest BCUT2D eigenvalue weighted by atomic mass is 16.2.